The molecule has 7 heteroatoms. The van der Waals surface area contributed by atoms with Crippen LogP contribution in [0.2, 0.25) is 0 Å². The average molecular weight is 210 g/mol. The van der Waals surface area contributed by atoms with Gasteiger partial charge in [0.05, 0.1) is 0 Å². The van der Waals surface area contributed by atoms with Gasteiger partial charge in [0.2, 0.25) is 0 Å². The Labute approximate surface area is 81.5 Å². The summed E-state index contributed by atoms with van der Waals surface area (Å²) in [5.74, 6) is 0. The zero-order chi connectivity index (χ0) is 10.2. The molecular weight excluding hydrogens is 204 g/mol. The molecule has 0 aliphatic carbocycles. The highest BCUT2D eigenvalue weighted by molar-refractivity contribution is 7.72. The molecule has 0 spiro atoms. The smallest absolute Gasteiger partial charge is 0.180 e. The number of hydrogen-bond acceptors (Lipinski definition) is 4. The molecule has 1 heterocycles. The van der Waals surface area contributed by atoms with E-state index in [9.17, 15) is 8.42 Å². The van der Waals surface area contributed by atoms with Gasteiger partial charge in [-0.25, -0.2) is 0 Å². The van der Waals surface area contributed by atoms with Gasteiger partial charge in [-0.1, -0.05) is 46.6 Å². The van der Waals surface area contributed by atoms with Crippen LogP contribution in [0.3, 0.4) is 0 Å². The molecule has 1 aromatic carbocycles. The monoisotopic (exact) mass is 210 g/mol. The lowest BCUT2D eigenvalue weighted by Crippen LogP contribution is -1.81. The fraction of sp³-hybridized carbons (Fsp3) is 0. The summed E-state index contributed by atoms with van der Waals surface area (Å²) in [7, 11) is -2.40. The van der Waals surface area contributed by atoms with E-state index in [0.717, 1.165) is 0 Å². The Morgan fingerprint density at radius 3 is 1.36 bits per heavy atom. The summed E-state index contributed by atoms with van der Waals surface area (Å²) in [5.41, 5.74) is 0. The van der Waals surface area contributed by atoms with Crippen molar-refractivity contribution in [3.63, 3.8) is 0 Å². The van der Waals surface area contributed by atoms with Crippen molar-refractivity contribution in [1.82, 2.24) is 0 Å². The Hall–Kier alpha value is -1.89. The van der Waals surface area contributed by atoms with E-state index in [1.807, 2.05) is 36.4 Å². The van der Waals surface area contributed by atoms with E-state index in [0.29, 0.717) is 0 Å². The lowest BCUT2D eigenvalue weighted by atomic mass is 10.4. The molecule has 72 valence electrons. The summed E-state index contributed by atoms with van der Waals surface area (Å²) in [6.07, 6.45) is 0. The summed E-state index contributed by atoms with van der Waals surface area (Å²) in [6, 6.07) is 12.0. The van der Waals surface area contributed by atoms with Crippen LogP contribution in [0.5, 0.6) is 0 Å². The average Bonchev–Trinajstić information content (AvgIpc) is 2.74. The van der Waals surface area contributed by atoms with E-state index in [1.165, 1.54) is 0 Å². The molecule has 0 fully saturated rings. The standard InChI is InChI=1S/C6H6.CN4O2S/c1-2-4-6-5-3-1;6-8(7)1-2-4-5-3-1/h1-6H;. The molecule has 2 rings (SSSR count). The van der Waals surface area contributed by atoms with E-state index in [2.05, 4.69) is 20.7 Å². The first-order chi connectivity index (χ1) is 6.80. The van der Waals surface area contributed by atoms with Crippen molar-refractivity contribution in [2.24, 2.45) is 20.7 Å². The van der Waals surface area contributed by atoms with Crippen LogP contribution < -0.4 is 0 Å². The number of hydrogen-bond donors (Lipinski definition) is 0. The Bertz CT molecular complexity index is 415. The second-order valence-electron chi connectivity index (χ2n) is 2.05. The molecule has 0 bridgehead atoms. The van der Waals surface area contributed by atoms with Gasteiger partial charge in [0.15, 0.2) is 0 Å². The van der Waals surface area contributed by atoms with Crippen LogP contribution in [0.1, 0.15) is 0 Å². The van der Waals surface area contributed by atoms with Crippen LogP contribution in [0, 0.1) is 0 Å². The molecule has 0 radical (unpaired) electrons. The first-order valence-electron chi connectivity index (χ1n) is 3.58. The van der Waals surface area contributed by atoms with E-state index >= 15 is 0 Å². The van der Waals surface area contributed by atoms with Crippen molar-refractivity contribution < 1.29 is 8.42 Å². The third kappa shape index (κ3) is 3.68. The van der Waals surface area contributed by atoms with Crippen LogP contribution >= 0.6 is 0 Å². The van der Waals surface area contributed by atoms with Crippen molar-refractivity contribution in [2.45, 2.75) is 0 Å². The molecule has 14 heavy (non-hydrogen) atoms. The molecule has 0 aromatic heterocycles. The van der Waals surface area contributed by atoms with Gasteiger partial charge in [0.25, 0.3) is 10.3 Å². The molecular formula is C7H6N4O2S. The predicted molar refractivity (Wildman–Crippen MR) is 50.1 cm³/mol. The first-order valence-corrected chi connectivity index (χ1v) is 4.66. The predicted octanol–water partition coefficient (Wildman–Crippen LogP) is 1.47. The maximum absolute atomic E-state index is 9.86. The van der Waals surface area contributed by atoms with Gasteiger partial charge in [-0.05, 0) is 10.4 Å². The molecule has 1 aliphatic heterocycles. The van der Waals surface area contributed by atoms with E-state index < -0.39 is 10.3 Å². The molecule has 1 aliphatic rings. The van der Waals surface area contributed by atoms with Crippen LogP contribution in [-0.2, 0) is 10.3 Å². The van der Waals surface area contributed by atoms with E-state index in [1.54, 1.807) is 0 Å². The molecule has 0 amide bonds. The SMILES string of the molecule is O=S(=O)=C1N=NN=N1.c1ccccc1. The van der Waals surface area contributed by atoms with Crippen LogP contribution in [0.15, 0.2) is 57.1 Å². The minimum Gasteiger partial charge on any atom is -0.180 e. The quantitative estimate of drug-likeness (QED) is 0.607. The zero-order valence-corrected chi connectivity index (χ0v) is 7.79. The maximum atomic E-state index is 9.86. The van der Waals surface area contributed by atoms with Crippen molar-refractivity contribution in [3.8, 4) is 0 Å². The molecule has 0 atom stereocenters. The topological polar surface area (TPSA) is 83.6 Å². The Kier molecular flexibility index (Phi) is 4.15. The first kappa shape index (κ1) is 10.2. The Morgan fingerprint density at radius 1 is 0.786 bits per heavy atom. The number of nitrogens with zero attached hydrogens (tertiary/aromatic N) is 4. The van der Waals surface area contributed by atoms with Crippen molar-refractivity contribution in [2.75, 3.05) is 0 Å². The third-order valence-corrected chi connectivity index (χ3v) is 1.58. The van der Waals surface area contributed by atoms with Crippen molar-refractivity contribution >= 4 is 15.4 Å². The minimum absolute atomic E-state index is 0.370. The van der Waals surface area contributed by atoms with Gasteiger partial charge in [-0.3, -0.25) is 0 Å². The van der Waals surface area contributed by atoms with Crippen LogP contribution in [-0.4, -0.2) is 13.5 Å². The summed E-state index contributed by atoms with van der Waals surface area (Å²) >= 11 is 0. The second-order valence-corrected chi connectivity index (χ2v) is 2.89. The minimum atomic E-state index is -2.40. The van der Waals surface area contributed by atoms with E-state index in [-0.39, 0.29) is 5.11 Å². The number of rotatable bonds is 0. The summed E-state index contributed by atoms with van der Waals surface area (Å²) < 4.78 is 19.7. The highest BCUT2D eigenvalue weighted by Crippen LogP contribution is 1.93. The molecule has 0 saturated heterocycles. The van der Waals surface area contributed by atoms with Crippen molar-refractivity contribution in [3.05, 3.63) is 36.4 Å². The second kappa shape index (κ2) is 5.70. The van der Waals surface area contributed by atoms with Crippen molar-refractivity contribution in [1.29, 1.82) is 0 Å². The summed E-state index contributed by atoms with van der Waals surface area (Å²) in [6.45, 7) is 0. The molecule has 0 N–H and O–H groups in total. The zero-order valence-electron chi connectivity index (χ0n) is 6.98. The molecule has 1 aromatic rings. The number of benzene rings is 1. The normalized spacial score (nSPS) is 12.1. The van der Waals surface area contributed by atoms with Gasteiger partial charge >= 0.3 is 5.11 Å². The van der Waals surface area contributed by atoms with Gasteiger partial charge in [0, 0.05) is 0 Å². The molecule has 0 unspecified atom stereocenters. The highest BCUT2D eigenvalue weighted by atomic mass is 32.2. The van der Waals surface area contributed by atoms with Gasteiger partial charge in [0.1, 0.15) is 0 Å². The molecule has 0 saturated carbocycles. The third-order valence-electron chi connectivity index (χ3n) is 1.12. The molecule has 6 nitrogen and oxygen atoms in total. The maximum Gasteiger partial charge on any atom is 0.318 e. The van der Waals surface area contributed by atoms with Gasteiger partial charge < -0.3 is 0 Å². The lowest BCUT2D eigenvalue weighted by molar-refractivity contribution is 0.626. The van der Waals surface area contributed by atoms with Gasteiger partial charge in [-0.2, -0.15) is 8.42 Å². The van der Waals surface area contributed by atoms with Gasteiger partial charge in [-0.15, -0.1) is 0 Å². The Balaban J connectivity index is 0.000000146. The lowest BCUT2D eigenvalue weighted by Gasteiger charge is -1.69. The Morgan fingerprint density at radius 2 is 1.14 bits per heavy atom. The van der Waals surface area contributed by atoms with Crippen LogP contribution in [0.4, 0.5) is 0 Å². The fourth-order valence-corrected chi connectivity index (χ4v) is 0.794. The highest BCUT2D eigenvalue weighted by Gasteiger charge is 1.99. The largest absolute Gasteiger partial charge is 0.318 e. The summed E-state index contributed by atoms with van der Waals surface area (Å²) in [5, 5.41) is 11.6. The summed E-state index contributed by atoms with van der Waals surface area (Å²) in [4.78, 5) is 0. The fourth-order valence-electron chi connectivity index (χ4n) is 0.588. The van der Waals surface area contributed by atoms with E-state index in [4.69, 9.17) is 0 Å². The van der Waals surface area contributed by atoms with Crippen LogP contribution in [0.25, 0.3) is 0 Å².